The van der Waals surface area contributed by atoms with E-state index in [1.807, 2.05) is 30.3 Å². The maximum atomic E-state index is 12.3. The summed E-state index contributed by atoms with van der Waals surface area (Å²) in [4.78, 5) is 24.3. The summed E-state index contributed by atoms with van der Waals surface area (Å²) in [5, 5.41) is 16.8. The Bertz CT molecular complexity index is 773. The zero-order valence-electron chi connectivity index (χ0n) is 14.1. The SMILES string of the molecule is O=C(NCC1CCCC(O)C1)c1ccc(=O)n(Cc2ccccc2)n1. The Labute approximate surface area is 146 Å². The van der Waals surface area contributed by atoms with Crippen LogP contribution in [-0.2, 0) is 6.54 Å². The first-order valence-corrected chi connectivity index (χ1v) is 8.70. The Morgan fingerprint density at radius 3 is 2.76 bits per heavy atom. The number of rotatable bonds is 5. The highest BCUT2D eigenvalue weighted by atomic mass is 16.3. The van der Waals surface area contributed by atoms with Crippen molar-refractivity contribution < 1.29 is 9.90 Å². The summed E-state index contributed by atoms with van der Waals surface area (Å²) in [6, 6.07) is 12.4. The lowest BCUT2D eigenvalue weighted by molar-refractivity contribution is 0.0868. The Kier molecular flexibility index (Phi) is 5.60. The van der Waals surface area contributed by atoms with E-state index < -0.39 is 0 Å². The van der Waals surface area contributed by atoms with Gasteiger partial charge in [-0.2, -0.15) is 5.10 Å². The van der Waals surface area contributed by atoms with Crippen LogP contribution in [0.5, 0.6) is 0 Å². The lowest BCUT2D eigenvalue weighted by Gasteiger charge is -2.25. The van der Waals surface area contributed by atoms with Crippen molar-refractivity contribution in [1.82, 2.24) is 15.1 Å². The molecule has 6 nitrogen and oxygen atoms in total. The van der Waals surface area contributed by atoms with E-state index in [0.29, 0.717) is 19.0 Å². The van der Waals surface area contributed by atoms with Gasteiger partial charge >= 0.3 is 0 Å². The number of carbonyl (C=O) groups is 1. The molecule has 0 radical (unpaired) electrons. The third kappa shape index (κ3) is 4.76. The van der Waals surface area contributed by atoms with Gasteiger partial charge in [0.15, 0.2) is 0 Å². The van der Waals surface area contributed by atoms with E-state index in [1.165, 1.54) is 16.8 Å². The second kappa shape index (κ2) is 8.07. The van der Waals surface area contributed by atoms with Crippen molar-refractivity contribution in [3.8, 4) is 0 Å². The van der Waals surface area contributed by atoms with Crippen molar-refractivity contribution in [3.63, 3.8) is 0 Å². The molecule has 1 aromatic heterocycles. The second-order valence-electron chi connectivity index (χ2n) is 6.60. The smallest absolute Gasteiger partial charge is 0.271 e. The number of hydrogen-bond acceptors (Lipinski definition) is 4. The molecule has 3 rings (SSSR count). The molecule has 1 aromatic carbocycles. The van der Waals surface area contributed by atoms with Gasteiger partial charge in [-0.05, 0) is 36.8 Å². The third-order valence-corrected chi connectivity index (χ3v) is 4.58. The normalized spacial score (nSPS) is 20.2. The fourth-order valence-electron chi connectivity index (χ4n) is 3.22. The molecule has 0 aliphatic heterocycles. The molecule has 1 fully saturated rings. The summed E-state index contributed by atoms with van der Waals surface area (Å²) >= 11 is 0. The molecule has 1 amide bonds. The predicted molar refractivity (Wildman–Crippen MR) is 94.3 cm³/mol. The summed E-state index contributed by atoms with van der Waals surface area (Å²) in [5.74, 6) is 0.00444. The van der Waals surface area contributed by atoms with Gasteiger partial charge in [0, 0.05) is 12.6 Å². The zero-order chi connectivity index (χ0) is 17.6. The van der Waals surface area contributed by atoms with Crippen LogP contribution in [0.4, 0.5) is 0 Å². The van der Waals surface area contributed by atoms with Crippen LogP contribution in [0.15, 0.2) is 47.3 Å². The molecule has 0 bridgehead atoms. The molecule has 132 valence electrons. The van der Waals surface area contributed by atoms with Crippen LogP contribution in [0, 0.1) is 5.92 Å². The predicted octanol–water partition coefficient (Wildman–Crippen LogP) is 1.57. The van der Waals surface area contributed by atoms with Gasteiger partial charge in [-0.15, -0.1) is 0 Å². The first kappa shape index (κ1) is 17.4. The first-order chi connectivity index (χ1) is 12.1. The molecule has 6 heteroatoms. The van der Waals surface area contributed by atoms with Crippen molar-refractivity contribution in [2.24, 2.45) is 5.92 Å². The highest BCUT2D eigenvalue weighted by Gasteiger charge is 2.21. The molecular formula is C19H23N3O3. The molecule has 0 saturated heterocycles. The van der Waals surface area contributed by atoms with E-state index in [0.717, 1.165) is 31.2 Å². The Morgan fingerprint density at radius 2 is 2.00 bits per heavy atom. The molecule has 1 heterocycles. The van der Waals surface area contributed by atoms with Crippen LogP contribution in [0.25, 0.3) is 0 Å². The maximum Gasteiger partial charge on any atom is 0.271 e. The van der Waals surface area contributed by atoms with Gasteiger partial charge in [-0.1, -0.05) is 36.8 Å². The minimum atomic E-state index is -0.290. The fourth-order valence-corrected chi connectivity index (χ4v) is 3.22. The Balaban J connectivity index is 1.64. The molecular weight excluding hydrogens is 318 g/mol. The van der Waals surface area contributed by atoms with Gasteiger partial charge in [-0.25, -0.2) is 4.68 Å². The van der Waals surface area contributed by atoms with Crippen LogP contribution in [-0.4, -0.2) is 33.4 Å². The average Bonchev–Trinajstić information content (AvgIpc) is 2.62. The van der Waals surface area contributed by atoms with E-state index in [-0.39, 0.29) is 23.3 Å². The summed E-state index contributed by atoms with van der Waals surface area (Å²) in [6.45, 7) is 0.852. The zero-order valence-corrected chi connectivity index (χ0v) is 14.1. The van der Waals surface area contributed by atoms with Gasteiger partial charge in [0.05, 0.1) is 12.6 Å². The van der Waals surface area contributed by atoms with E-state index in [9.17, 15) is 14.7 Å². The number of aromatic nitrogens is 2. The monoisotopic (exact) mass is 341 g/mol. The standard InChI is InChI=1S/C19H23N3O3/c23-16-8-4-7-15(11-16)12-20-19(25)17-9-10-18(24)22(21-17)13-14-5-2-1-3-6-14/h1-3,5-6,9-10,15-16,23H,4,7-8,11-13H2,(H,20,25). The van der Waals surface area contributed by atoms with Crippen LogP contribution < -0.4 is 10.9 Å². The van der Waals surface area contributed by atoms with Crippen molar-refractivity contribution in [3.05, 3.63) is 64.1 Å². The molecule has 1 aliphatic rings. The lowest BCUT2D eigenvalue weighted by atomic mass is 9.87. The number of aliphatic hydroxyl groups excluding tert-OH is 1. The van der Waals surface area contributed by atoms with Gasteiger partial charge in [0.2, 0.25) is 0 Å². The summed E-state index contributed by atoms with van der Waals surface area (Å²) in [6.07, 6.45) is 3.30. The molecule has 2 unspecified atom stereocenters. The fraction of sp³-hybridized carbons (Fsp3) is 0.421. The number of benzene rings is 1. The van der Waals surface area contributed by atoms with Crippen LogP contribution in [0.2, 0.25) is 0 Å². The molecule has 0 spiro atoms. The third-order valence-electron chi connectivity index (χ3n) is 4.58. The summed E-state index contributed by atoms with van der Waals surface area (Å²) < 4.78 is 1.30. The second-order valence-corrected chi connectivity index (χ2v) is 6.60. The lowest BCUT2D eigenvalue weighted by Crippen LogP contribution is -2.34. The number of nitrogens with zero attached hydrogens (tertiary/aromatic N) is 2. The highest BCUT2D eigenvalue weighted by molar-refractivity contribution is 5.91. The quantitative estimate of drug-likeness (QED) is 0.865. The Morgan fingerprint density at radius 1 is 1.20 bits per heavy atom. The Hall–Kier alpha value is -2.47. The molecule has 1 aliphatic carbocycles. The number of aliphatic hydroxyl groups is 1. The van der Waals surface area contributed by atoms with Crippen LogP contribution in [0.1, 0.15) is 41.7 Å². The van der Waals surface area contributed by atoms with E-state index in [2.05, 4.69) is 10.4 Å². The van der Waals surface area contributed by atoms with E-state index >= 15 is 0 Å². The van der Waals surface area contributed by atoms with E-state index in [1.54, 1.807) is 0 Å². The summed E-state index contributed by atoms with van der Waals surface area (Å²) in [7, 11) is 0. The number of carbonyl (C=O) groups excluding carboxylic acids is 1. The van der Waals surface area contributed by atoms with E-state index in [4.69, 9.17) is 0 Å². The number of nitrogens with one attached hydrogen (secondary N) is 1. The molecule has 2 atom stereocenters. The molecule has 2 N–H and O–H groups in total. The summed E-state index contributed by atoms with van der Waals surface area (Å²) in [5.41, 5.74) is 0.938. The van der Waals surface area contributed by atoms with Crippen LogP contribution >= 0.6 is 0 Å². The molecule has 2 aromatic rings. The van der Waals surface area contributed by atoms with Gasteiger partial charge in [0.25, 0.3) is 11.5 Å². The minimum absolute atomic E-state index is 0.229. The van der Waals surface area contributed by atoms with Gasteiger partial charge in [0.1, 0.15) is 5.69 Å². The first-order valence-electron chi connectivity index (χ1n) is 8.70. The number of hydrogen-bond donors (Lipinski definition) is 2. The largest absolute Gasteiger partial charge is 0.393 e. The molecule has 25 heavy (non-hydrogen) atoms. The van der Waals surface area contributed by atoms with Gasteiger partial charge < -0.3 is 10.4 Å². The topological polar surface area (TPSA) is 84.2 Å². The average molecular weight is 341 g/mol. The van der Waals surface area contributed by atoms with Crippen molar-refractivity contribution in [2.45, 2.75) is 38.3 Å². The van der Waals surface area contributed by atoms with Gasteiger partial charge in [-0.3, -0.25) is 9.59 Å². The van der Waals surface area contributed by atoms with Crippen LogP contribution in [0.3, 0.4) is 0 Å². The number of amides is 1. The van der Waals surface area contributed by atoms with Crippen molar-refractivity contribution >= 4 is 5.91 Å². The highest BCUT2D eigenvalue weighted by Crippen LogP contribution is 2.23. The maximum absolute atomic E-state index is 12.3. The minimum Gasteiger partial charge on any atom is -0.393 e. The molecule has 1 saturated carbocycles. The van der Waals surface area contributed by atoms with Crippen molar-refractivity contribution in [2.75, 3.05) is 6.54 Å². The van der Waals surface area contributed by atoms with Crippen molar-refractivity contribution in [1.29, 1.82) is 0 Å².